The molecule has 22 N–H and O–H groups in total. The Bertz CT molecular complexity index is 930. The minimum Gasteiger partial charge on any atom is -0.376 e. The zero-order valence-corrected chi connectivity index (χ0v) is 33.7. The van der Waals surface area contributed by atoms with E-state index in [1.54, 1.807) is 0 Å². The van der Waals surface area contributed by atoms with Gasteiger partial charge in [0, 0.05) is 19.6 Å². The summed E-state index contributed by atoms with van der Waals surface area (Å²) < 4.78 is 58.5. The van der Waals surface area contributed by atoms with Crippen LogP contribution < -0.4 is 21.7 Å². The third kappa shape index (κ3) is 366. The van der Waals surface area contributed by atoms with E-state index in [4.69, 9.17) is 124 Å². The highest BCUT2D eigenvalue weighted by atomic mass is 32.1. The van der Waals surface area contributed by atoms with Crippen molar-refractivity contribution in [3.63, 3.8) is 0 Å². The molecule has 0 radical (unpaired) electrons. The first kappa shape index (κ1) is 68.1. The maximum absolute atomic E-state index is 9.98. The SMILES string of the molecule is CCCCNC(=S)NCC.CCCCOP(=O)(O)O.CCNC(N)=S.O=P(O)(O)O.O=P(O)(O)O.O=P(O)(O)O.O=P(O)(O)O.O=P(O)(O)O. The fourth-order valence-corrected chi connectivity index (χ4v) is 1.86. The largest absolute Gasteiger partial charge is 0.469 e. The summed E-state index contributed by atoms with van der Waals surface area (Å²) in [6, 6.07) is 0. The van der Waals surface area contributed by atoms with Gasteiger partial charge in [0.25, 0.3) is 0 Å². The van der Waals surface area contributed by atoms with Gasteiger partial charge in [-0.2, -0.15) is 0 Å². The molecule has 0 atom stereocenters. The summed E-state index contributed by atoms with van der Waals surface area (Å²) in [4.78, 5) is 124. The number of nitrogens with one attached hydrogen (secondary N) is 3. The lowest BCUT2D eigenvalue weighted by atomic mass is 10.3. The standard InChI is InChI=1S/C7H16N2S.C4H11O4P.C3H8N2S.5H3O4P/c1-3-5-6-9-7(10)8-4-2;1-2-3-4-8-9(5,6)7;1-2-5-3(4)6;5*1-5(2,3)4/h3-6H2,1-2H3,(H2,8,9,10);2-4H2,1H3,(H2,5,6,7);2H2,1H3,(H3,4,5,6);5*(H3,1,2,3,4). The molecule has 0 aliphatic heterocycles. The molecule has 50 heavy (non-hydrogen) atoms. The molecule has 0 aromatic carbocycles. The highest BCUT2D eigenvalue weighted by molar-refractivity contribution is 7.80. The van der Waals surface area contributed by atoms with Crippen LogP contribution in [0.5, 0.6) is 0 Å². The maximum Gasteiger partial charge on any atom is 0.469 e. The minimum atomic E-state index is -4.64. The van der Waals surface area contributed by atoms with Gasteiger partial charge in [-0.15, -0.1) is 0 Å². The Balaban J connectivity index is -0.0000000685. The first-order valence-corrected chi connectivity index (χ1v) is 22.5. The summed E-state index contributed by atoms with van der Waals surface area (Å²) in [7, 11) is -27.4. The van der Waals surface area contributed by atoms with E-state index in [-0.39, 0.29) is 6.61 Å². The van der Waals surface area contributed by atoms with Gasteiger partial charge < -0.3 is 105 Å². The zero-order chi connectivity index (χ0) is 42.6. The van der Waals surface area contributed by atoms with E-state index >= 15 is 0 Å². The molecule has 312 valence electrons. The van der Waals surface area contributed by atoms with Crippen molar-refractivity contribution >= 4 is 81.6 Å². The van der Waals surface area contributed by atoms with Gasteiger partial charge in [-0.1, -0.05) is 26.7 Å². The van der Waals surface area contributed by atoms with Crippen LogP contribution in [0.3, 0.4) is 0 Å². The van der Waals surface area contributed by atoms with Crippen molar-refractivity contribution in [3.8, 4) is 0 Å². The van der Waals surface area contributed by atoms with Crippen LogP contribution in [0.15, 0.2) is 0 Å². The number of thiocarbonyl (C=S) groups is 2. The second-order valence-electron chi connectivity index (χ2n) is 7.28. The van der Waals surface area contributed by atoms with Gasteiger partial charge in [0.2, 0.25) is 0 Å². The molecule has 0 saturated heterocycles. The first-order valence-electron chi connectivity index (χ1n) is 12.3. The van der Waals surface area contributed by atoms with Crippen molar-refractivity contribution in [3.05, 3.63) is 0 Å². The molecule has 0 unspecified atom stereocenters. The van der Waals surface area contributed by atoms with Crippen molar-refractivity contribution in [1.82, 2.24) is 16.0 Å². The average Bonchev–Trinajstić information content (AvgIpc) is 2.74. The quantitative estimate of drug-likeness (QED) is 0.0639. The lowest BCUT2D eigenvalue weighted by molar-refractivity contribution is 0.194. The normalized spacial score (nSPS) is 10.7. The van der Waals surface area contributed by atoms with Crippen LogP contribution in [0, 0.1) is 0 Å². The number of phosphoric ester groups is 1. The van der Waals surface area contributed by atoms with E-state index in [1.165, 1.54) is 12.8 Å². The van der Waals surface area contributed by atoms with E-state index in [0.717, 1.165) is 31.2 Å². The Hall–Kier alpha value is 0.0400. The second kappa shape index (κ2) is 38.8. The molecule has 0 aliphatic rings. The van der Waals surface area contributed by atoms with Gasteiger partial charge in [-0.3, -0.25) is 4.52 Å². The van der Waals surface area contributed by atoms with E-state index in [0.29, 0.717) is 11.5 Å². The Morgan fingerprint density at radius 2 is 0.780 bits per heavy atom. The summed E-state index contributed by atoms with van der Waals surface area (Å²) in [5, 5.41) is 9.99. The van der Waals surface area contributed by atoms with Gasteiger partial charge in [-0.05, 0) is 51.1 Å². The summed E-state index contributed by atoms with van der Waals surface area (Å²) in [6.07, 6.45) is 3.96. The molecule has 0 aliphatic carbocycles. The Morgan fingerprint density at radius 1 is 0.520 bits per heavy atom. The lowest BCUT2D eigenvalue weighted by Crippen LogP contribution is -2.35. The number of nitrogens with two attached hydrogens (primary N) is 1. The molecule has 0 aromatic heterocycles. The molecular weight excluding hydrogens is 858 g/mol. The summed E-state index contributed by atoms with van der Waals surface area (Å²) in [5.41, 5.74) is 5.02. The van der Waals surface area contributed by atoms with E-state index in [9.17, 15) is 4.57 Å². The third-order valence-corrected chi connectivity index (χ3v) is 3.21. The van der Waals surface area contributed by atoms with Crippen molar-refractivity contribution in [2.75, 3.05) is 26.2 Å². The first-order chi connectivity index (χ1) is 21.6. The molecule has 0 spiro atoms. The predicted octanol–water partition coefficient (Wildman–Crippen LogP) is -2.64. The van der Waals surface area contributed by atoms with E-state index in [1.807, 2.05) is 20.8 Å². The van der Waals surface area contributed by atoms with Gasteiger partial charge in [0.1, 0.15) is 0 Å². The summed E-state index contributed by atoms with van der Waals surface area (Å²) >= 11 is 9.41. The van der Waals surface area contributed by atoms with Crippen LogP contribution in [-0.4, -0.2) is 120 Å². The van der Waals surface area contributed by atoms with Crippen molar-refractivity contribution in [2.45, 2.75) is 53.4 Å². The predicted molar refractivity (Wildman–Crippen MR) is 184 cm³/mol. The van der Waals surface area contributed by atoms with E-state index < -0.39 is 46.9 Å². The highest BCUT2D eigenvalue weighted by Crippen LogP contribution is 2.35. The monoisotopic (exact) mass is 908 g/mol. The van der Waals surface area contributed by atoms with Gasteiger partial charge in [0.05, 0.1) is 6.61 Å². The lowest BCUT2D eigenvalue weighted by Gasteiger charge is -2.06. The second-order valence-corrected chi connectivity index (χ2v) is 14.5. The van der Waals surface area contributed by atoms with Crippen LogP contribution in [0.2, 0.25) is 0 Å². The number of hydrogen-bond donors (Lipinski definition) is 21. The van der Waals surface area contributed by atoms with Crippen molar-refractivity contribution < 1.29 is 115 Å². The fourth-order valence-electron chi connectivity index (χ4n) is 1.10. The van der Waals surface area contributed by atoms with Crippen LogP contribution in [0.25, 0.3) is 0 Å². The molecule has 0 aromatic rings. The Labute approximate surface area is 297 Å². The minimum absolute atomic E-state index is 0.140. The van der Waals surface area contributed by atoms with Crippen LogP contribution >= 0.6 is 71.4 Å². The Kier molecular flexibility index (Phi) is 52.8. The molecule has 0 saturated carbocycles. The number of unbranched alkanes of at least 4 members (excludes halogenated alkanes) is 2. The summed E-state index contributed by atoms with van der Waals surface area (Å²) in [6.45, 7) is 10.9. The average molecular weight is 909 g/mol. The molecule has 36 heteroatoms. The molecule has 0 fully saturated rings. The van der Waals surface area contributed by atoms with Crippen molar-refractivity contribution in [2.24, 2.45) is 5.73 Å². The van der Waals surface area contributed by atoms with Gasteiger partial charge in [0.15, 0.2) is 10.2 Å². The molecule has 0 heterocycles. The third-order valence-electron chi connectivity index (χ3n) is 2.26. The van der Waals surface area contributed by atoms with Crippen LogP contribution in [0.1, 0.15) is 53.4 Å². The molecular formula is C14H50N4O24P6S2. The van der Waals surface area contributed by atoms with Crippen LogP contribution in [-0.2, 0) is 31.9 Å². The summed E-state index contributed by atoms with van der Waals surface area (Å²) in [5.74, 6) is 0. The highest BCUT2D eigenvalue weighted by Gasteiger charge is 2.11. The molecule has 0 bridgehead atoms. The van der Waals surface area contributed by atoms with Crippen molar-refractivity contribution in [1.29, 1.82) is 0 Å². The topological polar surface area (TPSA) is 518 Å². The molecule has 0 rings (SSSR count). The Morgan fingerprint density at radius 3 is 0.940 bits per heavy atom. The maximum atomic E-state index is 9.98. The smallest absolute Gasteiger partial charge is 0.376 e. The molecule has 28 nitrogen and oxygen atoms in total. The number of hydrogen-bond acceptors (Lipinski definition) is 9. The number of phosphoric acid groups is 6. The van der Waals surface area contributed by atoms with Gasteiger partial charge in [-0.25, -0.2) is 27.4 Å². The van der Waals surface area contributed by atoms with Gasteiger partial charge >= 0.3 is 46.9 Å². The van der Waals surface area contributed by atoms with E-state index in [2.05, 4.69) is 39.6 Å². The fraction of sp³-hybridized carbons (Fsp3) is 0.857. The zero-order valence-electron chi connectivity index (χ0n) is 26.7. The van der Waals surface area contributed by atoms with Crippen LogP contribution in [0.4, 0.5) is 0 Å². The number of rotatable bonds is 9. The molecule has 0 amide bonds.